The van der Waals surface area contributed by atoms with Gasteiger partial charge in [-0.3, -0.25) is 4.79 Å². The third-order valence-corrected chi connectivity index (χ3v) is 3.94. The Bertz CT molecular complexity index is 396. The Labute approximate surface area is 107 Å². The Kier molecular flexibility index (Phi) is 4.69. The summed E-state index contributed by atoms with van der Waals surface area (Å²) in [6.07, 6.45) is 0.927. The van der Waals surface area contributed by atoms with E-state index in [1.54, 1.807) is 11.3 Å². The fraction of sp³-hybridized carbons (Fsp3) is 0.692. The van der Waals surface area contributed by atoms with Gasteiger partial charge < -0.3 is 5.11 Å². The van der Waals surface area contributed by atoms with Gasteiger partial charge in [0, 0.05) is 11.3 Å². The third-order valence-electron chi connectivity index (χ3n) is 2.67. The molecule has 1 aromatic heterocycles. The quantitative estimate of drug-likeness (QED) is 0.876. The minimum atomic E-state index is -0.747. The molecule has 1 atom stereocenters. The molecule has 0 fully saturated rings. The highest BCUT2D eigenvalue weighted by atomic mass is 32.1. The van der Waals surface area contributed by atoms with E-state index in [0.29, 0.717) is 5.92 Å². The summed E-state index contributed by atoms with van der Waals surface area (Å²) in [5.74, 6) is -0.523. The number of aliphatic carboxylic acids is 1. The number of rotatable bonds is 5. The van der Waals surface area contributed by atoms with Crippen molar-refractivity contribution in [2.45, 2.75) is 47.0 Å². The summed E-state index contributed by atoms with van der Waals surface area (Å²) < 4.78 is 0. The van der Waals surface area contributed by atoms with Crippen LogP contribution in [0, 0.1) is 18.8 Å². The van der Waals surface area contributed by atoms with Crippen molar-refractivity contribution < 1.29 is 9.90 Å². The Morgan fingerprint density at radius 2 is 1.94 bits per heavy atom. The lowest BCUT2D eigenvalue weighted by Crippen LogP contribution is -2.17. The molecule has 0 aromatic carbocycles. The maximum atomic E-state index is 11.3. The first-order valence-electron chi connectivity index (χ1n) is 6.02. The largest absolute Gasteiger partial charge is 0.481 e. The summed E-state index contributed by atoms with van der Waals surface area (Å²) in [5, 5.41) is 10.3. The van der Waals surface area contributed by atoms with Crippen LogP contribution >= 0.6 is 11.3 Å². The first kappa shape index (κ1) is 14.2. The number of carbonyl (C=O) groups is 1. The van der Waals surface area contributed by atoms with Gasteiger partial charge in [0.05, 0.1) is 16.6 Å². The average Bonchev–Trinajstić information content (AvgIpc) is 2.44. The van der Waals surface area contributed by atoms with Crippen molar-refractivity contribution in [1.29, 1.82) is 0 Å². The summed E-state index contributed by atoms with van der Waals surface area (Å²) in [5.41, 5.74) is 0.881. The second kappa shape index (κ2) is 5.63. The second-order valence-electron chi connectivity index (χ2n) is 5.22. The smallest absolute Gasteiger partial charge is 0.312 e. The molecule has 0 spiro atoms. The van der Waals surface area contributed by atoms with E-state index in [-0.39, 0.29) is 5.92 Å². The minimum Gasteiger partial charge on any atom is -0.481 e. The average molecular weight is 255 g/mol. The zero-order chi connectivity index (χ0) is 13.2. The summed E-state index contributed by atoms with van der Waals surface area (Å²) in [6.45, 7) is 10.1. The molecule has 1 N–H and O–H groups in total. The first-order chi connectivity index (χ1) is 7.82. The van der Waals surface area contributed by atoms with E-state index in [1.165, 1.54) is 0 Å². The van der Waals surface area contributed by atoms with Gasteiger partial charge in [0.2, 0.25) is 0 Å². The van der Waals surface area contributed by atoms with Crippen molar-refractivity contribution in [2.24, 2.45) is 11.8 Å². The van der Waals surface area contributed by atoms with Crippen molar-refractivity contribution >= 4 is 17.3 Å². The monoisotopic (exact) mass is 255 g/mol. The second-order valence-corrected chi connectivity index (χ2v) is 6.33. The third kappa shape index (κ3) is 3.53. The highest BCUT2D eigenvalue weighted by Gasteiger charge is 2.28. The van der Waals surface area contributed by atoms with Gasteiger partial charge in [-0.2, -0.15) is 0 Å². The highest BCUT2D eigenvalue weighted by Crippen LogP contribution is 2.33. The van der Waals surface area contributed by atoms with Gasteiger partial charge >= 0.3 is 5.97 Å². The van der Waals surface area contributed by atoms with Crippen LogP contribution < -0.4 is 0 Å². The molecule has 1 rings (SSSR count). The molecule has 17 heavy (non-hydrogen) atoms. The van der Waals surface area contributed by atoms with Crippen LogP contribution in [0.1, 0.15) is 49.2 Å². The number of hydrogen-bond donors (Lipinski definition) is 1. The lowest BCUT2D eigenvalue weighted by molar-refractivity contribution is -0.139. The highest BCUT2D eigenvalue weighted by molar-refractivity contribution is 7.12. The Balaban J connectivity index is 3.04. The number of carboxylic acid groups (broad SMARTS) is 1. The molecule has 0 aliphatic rings. The molecule has 1 heterocycles. The molecule has 0 saturated carbocycles. The molecule has 1 aromatic rings. The molecular weight excluding hydrogens is 234 g/mol. The number of hydrogen-bond acceptors (Lipinski definition) is 3. The number of nitrogens with zero attached hydrogens (tertiary/aromatic N) is 1. The van der Waals surface area contributed by atoms with Gasteiger partial charge in [0.25, 0.3) is 0 Å². The van der Waals surface area contributed by atoms with Crippen molar-refractivity contribution in [3.63, 3.8) is 0 Å². The molecule has 3 nitrogen and oxygen atoms in total. The van der Waals surface area contributed by atoms with Crippen LogP contribution in [0.25, 0.3) is 0 Å². The van der Waals surface area contributed by atoms with E-state index in [1.807, 2.05) is 20.8 Å². The van der Waals surface area contributed by atoms with E-state index >= 15 is 0 Å². The molecule has 0 aliphatic heterocycles. The Morgan fingerprint density at radius 3 is 2.35 bits per heavy atom. The number of aromatic nitrogens is 1. The van der Waals surface area contributed by atoms with Crippen molar-refractivity contribution in [2.75, 3.05) is 0 Å². The lowest BCUT2D eigenvalue weighted by Gasteiger charge is -2.14. The predicted molar refractivity (Wildman–Crippen MR) is 70.6 cm³/mol. The molecule has 0 radical (unpaired) electrons. The van der Waals surface area contributed by atoms with E-state index in [9.17, 15) is 9.90 Å². The van der Waals surface area contributed by atoms with Crippen molar-refractivity contribution in [1.82, 2.24) is 4.98 Å². The summed E-state index contributed by atoms with van der Waals surface area (Å²) in [6, 6.07) is 0. The van der Waals surface area contributed by atoms with Gasteiger partial charge in [-0.25, -0.2) is 4.98 Å². The molecule has 0 amide bonds. The molecule has 0 aliphatic carbocycles. The normalized spacial score (nSPS) is 13.4. The van der Waals surface area contributed by atoms with Crippen LogP contribution in [0.4, 0.5) is 0 Å². The SMILES string of the molecule is Cc1nc(CC(C)C)sc1C(C(=O)O)C(C)C. The van der Waals surface area contributed by atoms with Gasteiger partial charge in [-0.15, -0.1) is 11.3 Å². The zero-order valence-corrected chi connectivity index (χ0v) is 12.0. The number of thiazole rings is 1. The lowest BCUT2D eigenvalue weighted by atomic mass is 9.93. The molecule has 4 heteroatoms. The zero-order valence-electron chi connectivity index (χ0n) is 11.2. The molecule has 0 saturated heterocycles. The van der Waals surface area contributed by atoms with Crippen LogP contribution in [0.15, 0.2) is 0 Å². The van der Waals surface area contributed by atoms with Crippen LogP contribution in [-0.4, -0.2) is 16.1 Å². The molecular formula is C13H21NO2S. The summed E-state index contributed by atoms with van der Waals surface area (Å²) in [7, 11) is 0. The van der Waals surface area contributed by atoms with Crippen LogP contribution in [0.3, 0.4) is 0 Å². The van der Waals surface area contributed by atoms with E-state index < -0.39 is 11.9 Å². The van der Waals surface area contributed by atoms with E-state index in [4.69, 9.17) is 0 Å². The first-order valence-corrected chi connectivity index (χ1v) is 6.83. The standard InChI is InChI=1S/C13H21NO2S/c1-7(2)6-10-14-9(5)12(17-10)11(8(3)4)13(15)16/h7-8,11H,6H2,1-5H3,(H,15,16). The van der Waals surface area contributed by atoms with Crippen LogP contribution in [0.2, 0.25) is 0 Å². The van der Waals surface area contributed by atoms with E-state index in [0.717, 1.165) is 22.0 Å². The fourth-order valence-electron chi connectivity index (χ4n) is 1.89. The topological polar surface area (TPSA) is 50.2 Å². The fourth-order valence-corrected chi connectivity index (χ4v) is 3.44. The van der Waals surface area contributed by atoms with Gasteiger partial charge in [-0.05, 0) is 18.8 Å². The maximum Gasteiger partial charge on any atom is 0.312 e. The molecule has 1 unspecified atom stereocenters. The maximum absolute atomic E-state index is 11.3. The number of carboxylic acids is 1. The van der Waals surface area contributed by atoms with Crippen LogP contribution in [-0.2, 0) is 11.2 Å². The van der Waals surface area contributed by atoms with Gasteiger partial charge in [-0.1, -0.05) is 27.7 Å². The predicted octanol–water partition coefficient (Wildman–Crippen LogP) is 3.47. The van der Waals surface area contributed by atoms with Gasteiger partial charge in [0.15, 0.2) is 0 Å². The summed E-state index contributed by atoms with van der Waals surface area (Å²) >= 11 is 1.56. The Morgan fingerprint density at radius 1 is 1.35 bits per heavy atom. The molecule has 96 valence electrons. The minimum absolute atomic E-state index is 0.0959. The van der Waals surface area contributed by atoms with Gasteiger partial charge in [0.1, 0.15) is 0 Å². The van der Waals surface area contributed by atoms with Crippen molar-refractivity contribution in [3.05, 3.63) is 15.6 Å². The number of aryl methyl sites for hydroxylation is 1. The molecule has 0 bridgehead atoms. The van der Waals surface area contributed by atoms with Crippen LogP contribution in [0.5, 0.6) is 0 Å². The summed E-state index contributed by atoms with van der Waals surface area (Å²) in [4.78, 5) is 16.7. The van der Waals surface area contributed by atoms with E-state index in [2.05, 4.69) is 18.8 Å². The van der Waals surface area contributed by atoms with Crippen molar-refractivity contribution in [3.8, 4) is 0 Å². The Hall–Kier alpha value is -0.900.